The molecule has 0 radical (unpaired) electrons. The summed E-state index contributed by atoms with van der Waals surface area (Å²) in [7, 11) is 0. The van der Waals surface area contributed by atoms with Crippen LogP contribution in [-0.4, -0.2) is 32.0 Å². The number of amides is 1. The van der Waals surface area contributed by atoms with Gasteiger partial charge in [0.15, 0.2) is 11.2 Å². The molecule has 0 aliphatic carbocycles. The predicted molar refractivity (Wildman–Crippen MR) is 139 cm³/mol. The van der Waals surface area contributed by atoms with Crippen molar-refractivity contribution in [2.75, 3.05) is 6.54 Å². The van der Waals surface area contributed by atoms with E-state index in [1.165, 1.54) is 0 Å². The average Bonchev–Trinajstić information content (AvgIpc) is 3.48. The number of nitrogens with zero attached hydrogens (tertiary/aromatic N) is 2. The summed E-state index contributed by atoms with van der Waals surface area (Å²) in [5.41, 5.74) is 5.68. The van der Waals surface area contributed by atoms with Gasteiger partial charge in [0.05, 0.1) is 5.69 Å². The van der Waals surface area contributed by atoms with Crippen LogP contribution in [0.2, 0.25) is 0 Å². The maximum atomic E-state index is 12.8. The standard InChI is InChI=1S/C27H28N4O3S/c1-4-28-27(32)23-13-21-15-31(35(33)30-17(2)3)16-22(21)26(29-23)20-10-7-9-18(12-20)25-14-19-8-5-6-11-24(19)34-25/h5-14,17,30H,4,15-16H2,1-3H3,(H,28,32). The molecule has 35 heavy (non-hydrogen) atoms. The van der Waals surface area contributed by atoms with E-state index >= 15 is 0 Å². The van der Waals surface area contributed by atoms with E-state index in [9.17, 15) is 9.00 Å². The summed E-state index contributed by atoms with van der Waals surface area (Å²) in [6, 6.07) is 19.8. The highest BCUT2D eigenvalue weighted by molar-refractivity contribution is 7.80. The van der Waals surface area contributed by atoms with Gasteiger partial charge in [-0.15, -0.1) is 0 Å². The van der Waals surface area contributed by atoms with Gasteiger partial charge < -0.3 is 9.73 Å². The Morgan fingerprint density at radius 2 is 1.89 bits per heavy atom. The maximum absolute atomic E-state index is 12.8. The third-order valence-electron chi connectivity index (χ3n) is 5.88. The number of furan rings is 1. The van der Waals surface area contributed by atoms with Crippen molar-refractivity contribution in [1.82, 2.24) is 19.3 Å². The Bertz CT molecular complexity index is 1400. The molecule has 7 nitrogen and oxygen atoms in total. The molecule has 2 aromatic heterocycles. The fourth-order valence-corrected chi connectivity index (χ4v) is 5.36. The Kier molecular flexibility index (Phi) is 6.51. The van der Waals surface area contributed by atoms with Crippen molar-refractivity contribution in [3.8, 4) is 22.6 Å². The van der Waals surface area contributed by atoms with E-state index in [0.29, 0.717) is 25.3 Å². The van der Waals surface area contributed by atoms with Gasteiger partial charge in [0.25, 0.3) is 5.91 Å². The van der Waals surface area contributed by atoms with E-state index in [4.69, 9.17) is 9.40 Å². The third kappa shape index (κ3) is 4.77. The monoisotopic (exact) mass is 488 g/mol. The number of fused-ring (bicyclic) bond motifs is 2. The molecular formula is C27H28N4O3S. The lowest BCUT2D eigenvalue weighted by atomic mass is 9.99. The summed E-state index contributed by atoms with van der Waals surface area (Å²) in [6.45, 7) is 7.28. The Morgan fingerprint density at radius 3 is 2.66 bits per heavy atom. The fourth-order valence-electron chi connectivity index (χ4n) is 4.31. The quantitative estimate of drug-likeness (QED) is 0.391. The molecule has 0 fully saturated rings. The van der Waals surface area contributed by atoms with Crippen LogP contribution in [0.25, 0.3) is 33.6 Å². The molecule has 2 aromatic carbocycles. The molecule has 8 heteroatoms. The summed E-state index contributed by atoms with van der Waals surface area (Å²) < 4.78 is 23.8. The molecule has 1 atom stereocenters. The second-order valence-electron chi connectivity index (χ2n) is 8.90. The van der Waals surface area contributed by atoms with Gasteiger partial charge in [-0.1, -0.05) is 36.4 Å². The van der Waals surface area contributed by atoms with Gasteiger partial charge in [0, 0.05) is 42.2 Å². The first-order valence-corrected chi connectivity index (χ1v) is 12.9. The second kappa shape index (κ2) is 9.73. The van der Waals surface area contributed by atoms with Crippen LogP contribution in [0.1, 0.15) is 42.4 Å². The average molecular weight is 489 g/mol. The highest BCUT2D eigenvalue weighted by atomic mass is 32.2. The summed E-state index contributed by atoms with van der Waals surface area (Å²) in [5, 5.41) is 3.88. The molecule has 0 saturated carbocycles. The lowest BCUT2D eigenvalue weighted by Crippen LogP contribution is -2.35. The Morgan fingerprint density at radius 1 is 1.09 bits per heavy atom. The van der Waals surface area contributed by atoms with Crippen LogP contribution in [0.5, 0.6) is 0 Å². The van der Waals surface area contributed by atoms with E-state index in [-0.39, 0.29) is 11.9 Å². The van der Waals surface area contributed by atoms with Crippen LogP contribution in [0, 0.1) is 0 Å². The number of rotatable bonds is 7. The molecule has 0 spiro atoms. The number of pyridine rings is 1. The van der Waals surface area contributed by atoms with Crippen molar-refractivity contribution in [2.24, 2.45) is 0 Å². The first-order chi connectivity index (χ1) is 16.9. The number of benzene rings is 2. The van der Waals surface area contributed by atoms with E-state index in [1.54, 1.807) is 0 Å². The normalized spacial score (nSPS) is 14.4. The van der Waals surface area contributed by atoms with Crippen molar-refractivity contribution in [1.29, 1.82) is 0 Å². The van der Waals surface area contributed by atoms with Gasteiger partial charge in [-0.05, 0) is 56.2 Å². The van der Waals surface area contributed by atoms with Gasteiger partial charge in [-0.2, -0.15) is 0 Å². The summed E-state index contributed by atoms with van der Waals surface area (Å²) >= 11 is -1.34. The number of carbonyl (C=O) groups excluding carboxylic acids is 1. The zero-order chi connectivity index (χ0) is 24.5. The van der Waals surface area contributed by atoms with Crippen molar-refractivity contribution >= 4 is 28.0 Å². The summed E-state index contributed by atoms with van der Waals surface area (Å²) in [5.74, 6) is 0.554. The highest BCUT2D eigenvalue weighted by Crippen LogP contribution is 2.35. The summed E-state index contributed by atoms with van der Waals surface area (Å²) in [4.78, 5) is 17.5. The molecule has 1 amide bonds. The molecule has 0 saturated heterocycles. The van der Waals surface area contributed by atoms with Crippen molar-refractivity contribution in [3.05, 3.63) is 77.5 Å². The zero-order valence-electron chi connectivity index (χ0n) is 20.0. The van der Waals surface area contributed by atoms with Crippen LogP contribution in [0.4, 0.5) is 0 Å². The number of carbonyl (C=O) groups is 1. The number of hydrogen-bond acceptors (Lipinski definition) is 4. The minimum atomic E-state index is -1.34. The van der Waals surface area contributed by atoms with Gasteiger partial charge in [-0.25, -0.2) is 18.2 Å². The lowest BCUT2D eigenvalue weighted by Gasteiger charge is -2.16. The molecule has 4 aromatic rings. The molecule has 0 bridgehead atoms. The largest absolute Gasteiger partial charge is 0.456 e. The van der Waals surface area contributed by atoms with Crippen molar-refractivity contribution in [2.45, 2.75) is 39.9 Å². The van der Waals surface area contributed by atoms with Crippen LogP contribution in [0.15, 0.2) is 65.1 Å². The van der Waals surface area contributed by atoms with E-state index in [0.717, 1.165) is 44.7 Å². The van der Waals surface area contributed by atoms with Crippen LogP contribution >= 0.6 is 0 Å². The number of hydrogen-bond donors (Lipinski definition) is 2. The van der Waals surface area contributed by atoms with E-state index in [2.05, 4.69) is 10.0 Å². The molecule has 1 aliphatic rings. The Balaban J connectivity index is 1.57. The topological polar surface area (TPSA) is 87.5 Å². The Hall–Kier alpha value is -3.33. The van der Waals surface area contributed by atoms with Gasteiger partial charge in [-0.3, -0.25) is 4.79 Å². The van der Waals surface area contributed by atoms with Gasteiger partial charge in [0.2, 0.25) is 0 Å². The first-order valence-electron chi connectivity index (χ1n) is 11.8. The molecule has 1 aliphatic heterocycles. The molecule has 2 N–H and O–H groups in total. The SMILES string of the molecule is CCNC(=O)c1cc2c(c(-c3cccc(-c4cc5ccccc5o4)c3)n1)CN(S(=O)NC(C)C)C2. The van der Waals surface area contributed by atoms with Crippen molar-refractivity contribution in [3.63, 3.8) is 0 Å². The molecule has 3 heterocycles. The molecule has 5 rings (SSSR count). The zero-order valence-corrected chi connectivity index (χ0v) is 20.8. The number of para-hydroxylation sites is 1. The fraction of sp³-hybridized carbons (Fsp3) is 0.259. The number of aromatic nitrogens is 1. The van der Waals surface area contributed by atoms with Gasteiger partial charge >= 0.3 is 0 Å². The maximum Gasteiger partial charge on any atom is 0.269 e. The third-order valence-corrected chi connectivity index (χ3v) is 7.29. The molecule has 180 valence electrons. The van der Waals surface area contributed by atoms with Crippen molar-refractivity contribution < 1.29 is 13.4 Å². The lowest BCUT2D eigenvalue weighted by molar-refractivity contribution is 0.0951. The molecule has 1 unspecified atom stereocenters. The van der Waals surface area contributed by atoms with E-state index < -0.39 is 11.2 Å². The van der Waals surface area contributed by atoms with Crippen LogP contribution < -0.4 is 10.0 Å². The minimum Gasteiger partial charge on any atom is -0.456 e. The van der Waals surface area contributed by atoms with Gasteiger partial charge in [0.1, 0.15) is 17.0 Å². The molecular weight excluding hydrogens is 460 g/mol. The smallest absolute Gasteiger partial charge is 0.269 e. The minimum absolute atomic E-state index is 0.0866. The van der Waals surface area contributed by atoms with Crippen LogP contribution in [0.3, 0.4) is 0 Å². The predicted octanol–water partition coefficient (Wildman–Crippen LogP) is 4.80. The van der Waals surface area contributed by atoms with Crippen LogP contribution in [-0.2, 0) is 24.3 Å². The Labute approximate surface area is 207 Å². The number of nitrogens with one attached hydrogen (secondary N) is 2. The summed E-state index contributed by atoms with van der Waals surface area (Å²) in [6.07, 6.45) is 0. The second-order valence-corrected chi connectivity index (χ2v) is 10.2. The highest BCUT2D eigenvalue weighted by Gasteiger charge is 2.29. The first kappa shape index (κ1) is 23.4. The van der Waals surface area contributed by atoms with E-state index in [1.807, 2.05) is 85.7 Å².